The van der Waals surface area contributed by atoms with Crippen molar-refractivity contribution in [3.63, 3.8) is 0 Å². The van der Waals surface area contributed by atoms with Crippen LogP contribution in [-0.2, 0) is 32.7 Å². The molecule has 0 rings (SSSR count). The number of esters is 2. The molecule has 0 amide bonds. The van der Waals surface area contributed by atoms with Crippen LogP contribution in [0.3, 0.4) is 0 Å². The molecule has 0 aromatic heterocycles. The molecule has 0 radical (unpaired) electrons. The Kier molecular flexibility index (Phi) is 76.3. The first-order valence-corrected chi connectivity index (χ1v) is 41.9. The van der Waals surface area contributed by atoms with Gasteiger partial charge in [-0.05, 0) is 83.5 Å². The van der Waals surface area contributed by atoms with E-state index in [0.717, 1.165) is 64.2 Å². The molecular formula is C83H154NO8P. The zero-order chi connectivity index (χ0) is 67.2. The maximum atomic E-state index is 12.8. The van der Waals surface area contributed by atoms with Gasteiger partial charge in [0.25, 0.3) is 0 Å². The molecule has 0 bridgehead atoms. The molecule has 0 aliphatic carbocycles. The van der Waals surface area contributed by atoms with E-state index >= 15 is 0 Å². The molecule has 2 unspecified atom stereocenters. The number of unbranched alkanes of at least 4 members (excludes halogenated alkanes) is 52. The van der Waals surface area contributed by atoms with Gasteiger partial charge in [0, 0.05) is 19.4 Å². The Morgan fingerprint density at radius 1 is 0.333 bits per heavy atom. The summed E-state index contributed by atoms with van der Waals surface area (Å²) in [5, 5.41) is 0. The Morgan fingerprint density at radius 2 is 0.591 bits per heavy atom. The Labute approximate surface area is 577 Å². The predicted octanol–water partition coefficient (Wildman–Crippen LogP) is 27.1. The molecular weight excluding hydrogens is 1170 g/mol. The van der Waals surface area contributed by atoms with E-state index in [9.17, 15) is 19.0 Å². The zero-order valence-electron chi connectivity index (χ0n) is 61.5. The summed E-state index contributed by atoms with van der Waals surface area (Å²) in [7, 11) is -4.40. The minimum absolute atomic E-state index is 0.0549. The third-order valence-corrected chi connectivity index (χ3v) is 19.1. The molecule has 0 aromatic rings. The van der Waals surface area contributed by atoms with Crippen molar-refractivity contribution >= 4 is 19.8 Å². The smallest absolute Gasteiger partial charge is 0.462 e. The molecule has 2 atom stereocenters. The lowest BCUT2D eigenvalue weighted by atomic mass is 10.0. The van der Waals surface area contributed by atoms with E-state index < -0.39 is 26.5 Å². The van der Waals surface area contributed by atoms with Gasteiger partial charge in [-0.1, -0.05) is 389 Å². The van der Waals surface area contributed by atoms with Crippen LogP contribution in [0.25, 0.3) is 0 Å². The second-order valence-electron chi connectivity index (χ2n) is 27.3. The quantitative estimate of drug-likeness (QED) is 0.0264. The van der Waals surface area contributed by atoms with Gasteiger partial charge in [0.05, 0.1) is 13.2 Å². The van der Waals surface area contributed by atoms with Crippen LogP contribution in [0.5, 0.6) is 0 Å². The zero-order valence-corrected chi connectivity index (χ0v) is 62.4. The Balaban J connectivity index is 3.76. The lowest BCUT2D eigenvalue weighted by Gasteiger charge is -2.19. The van der Waals surface area contributed by atoms with Crippen LogP contribution >= 0.6 is 7.82 Å². The molecule has 0 aliphatic rings. The minimum Gasteiger partial charge on any atom is -0.462 e. The summed E-state index contributed by atoms with van der Waals surface area (Å²) < 4.78 is 33.3. The number of carbonyl (C=O) groups is 2. The third kappa shape index (κ3) is 78.3. The number of phosphoric ester groups is 1. The maximum absolute atomic E-state index is 12.8. The van der Waals surface area contributed by atoms with E-state index in [2.05, 4.69) is 86.8 Å². The molecule has 0 saturated heterocycles. The third-order valence-electron chi connectivity index (χ3n) is 18.1. The van der Waals surface area contributed by atoms with E-state index in [1.54, 1.807) is 0 Å². The molecule has 3 N–H and O–H groups in total. The molecule has 93 heavy (non-hydrogen) atoms. The fourth-order valence-electron chi connectivity index (χ4n) is 12.1. The van der Waals surface area contributed by atoms with Gasteiger partial charge in [0.15, 0.2) is 6.10 Å². The molecule has 544 valence electrons. The van der Waals surface area contributed by atoms with Gasteiger partial charge < -0.3 is 20.1 Å². The minimum atomic E-state index is -4.40. The highest BCUT2D eigenvalue weighted by Gasteiger charge is 2.26. The topological polar surface area (TPSA) is 134 Å². The largest absolute Gasteiger partial charge is 0.472 e. The van der Waals surface area contributed by atoms with Crippen molar-refractivity contribution in [1.82, 2.24) is 0 Å². The van der Waals surface area contributed by atoms with Crippen LogP contribution < -0.4 is 5.73 Å². The lowest BCUT2D eigenvalue weighted by molar-refractivity contribution is -0.161. The molecule has 0 spiro atoms. The van der Waals surface area contributed by atoms with Crippen molar-refractivity contribution in [2.45, 2.75) is 418 Å². The highest BCUT2D eigenvalue weighted by atomic mass is 31.2. The highest BCUT2D eigenvalue weighted by Crippen LogP contribution is 2.43. The fraction of sp³-hybridized carbons (Fsp3) is 0.831. The van der Waals surface area contributed by atoms with Gasteiger partial charge in [-0.25, -0.2) is 4.57 Å². The summed E-state index contributed by atoms with van der Waals surface area (Å²) in [4.78, 5) is 35.5. The maximum Gasteiger partial charge on any atom is 0.472 e. The number of nitrogens with two attached hydrogens (primary N) is 1. The fourth-order valence-corrected chi connectivity index (χ4v) is 12.9. The Bertz CT molecular complexity index is 1760. The van der Waals surface area contributed by atoms with Crippen molar-refractivity contribution in [1.29, 1.82) is 0 Å². The van der Waals surface area contributed by atoms with E-state index in [1.807, 2.05) is 0 Å². The molecule has 10 heteroatoms. The van der Waals surface area contributed by atoms with Crippen molar-refractivity contribution in [3.05, 3.63) is 72.9 Å². The number of hydrogen-bond donors (Lipinski definition) is 2. The number of ether oxygens (including phenoxy) is 2. The average Bonchev–Trinajstić information content (AvgIpc) is 3.04. The van der Waals surface area contributed by atoms with E-state index in [-0.39, 0.29) is 38.6 Å². The van der Waals surface area contributed by atoms with E-state index in [0.29, 0.717) is 6.42 Å². The molecule has 0 saturated carbocycles. The van der Waals surface area contributed by atoms with Crippen molar-refractivity contribution < 1.29 is 37.6 Å². The van der Waals surface area contributed by atoms with Crippen molar-refractivity contribution in [3.8, 4) is 0 Å². The van der Waals surface area contributed by atoms with Crippen LogP contribution in [0.2, 0.25) is 0 Å². The summed E-state index contributed by atoms with van der Waals surface area (Å²) >= 11 is 0. The SMILES string of the molecule is CC/C=C\C/C=C\C/C=C\C/C=C\C/C=C\CCCCCCCCCCCCCCCCCCCCCCCC(=O)OC(COC(=O)CCCCCCCCCCCCCCCCCCCCCCCCC/C=C\CCCCCCCCCC)COP(=O)(O)OCCN. The summed E-state index contributed by atoms with van der Waals surface area (Å²) in [6.07, 6.45) is 105. The lowest BCUT2D eigenvalue weighted by Crippen LogP contribution is -2.29. The van der Waals surface area contributed by atoms with Gasteiger partial charge in [-0.3, -0.25) is 18.6 Å². The predicted molar refractivity (Wildman–Crippen MR) is 404 cm³/mol. The first kappa shape index (κ1) is 90.5. The molecule has 0 fully saturated rings. The Morgan fingerprint density at radius 3 is 0.892 bits per heavy atom. The van der Waals surface area contributed by atoms with Gasteiger partial charge >= 0.3 is 19.8 Å². The molecule has 0 heterocycles. The Hall–Kier alpha value is -2.55. The van der Waals surface area contributed by atoms with Crippen LogP contribution in [0.1, 0.15) is 412 Å². The van der Waals surface area contributed by atoms with Crippen molar-refractivity contribution in [2.75, 3.05) is 26.4 Å². The first-order chi connectivity index (χ1) is 45.8. The van der Waals surface area contributed by atoms with Gasteiger partial charge in [0.1, 0.15) is 6.61 Å². The second-order valence-corrected chi connectivity index (χ2v) is 28.7. The van der Waals surface area contributed by atoms with Crippen LogP contribution in [0.15, 0.2) is 72.9 Å². The number of allylic oxidation sites excluding steroid dienone is 12. The van der Waals surface area contributed by atoms with Gasteiger partial charge in [0.2, 0.25) is 0 Å². The molecule has 9 nitrogen and oxygen atoms in total. The number of phosphoric acid groups is 1. The molecule has 0 aliphatic heterocycles. The monoisotopic (exact) mass is 1320 g/mol. The summed E-state index contributed by atoms with van der Waals surface area (Å²) in [5.74, 6) is -0.804. The highest BCUT2D eigenvalue weighted by molar-refractivity contribution is 7.47. The van der Waals surface area contributed by atoms with Gasteiger partial charge in [-0.15, -0.1) is 0 Å². The number of rotatable bonds is 77. The second kappa shape index (κ2) is 78.4. The molecule has 0 aromatic carbocycles. The standard InChI is InChI=1S/C83H154NO8P/c1-3-5-7-9-11-13-15-17-19-21-23-25-27-29-31-33-35-37-39-40-42-44-46-48-50-52-54-56-58-60-62-64-66-68-70-72-74-76-83(86)92-81(80-91-93(87,88)90-78-77-84)79-89-82(85)75-73-71-69-67-65-63-61-59-57-55-53-51-49-47-45-43-41-38-36-34-32-30-28-26-24-22-20-18-16-14-12-10-8-6-4-2/h5,7,11,13,17,19,22-25,29,31,81H,3-4,6,8-10,12,14-16,18,20-21,26-28,30,32-80,84H2,1-2H3,(H,87,88)/b7-5-,13-11-,19-17-,24-22-,25-23-,31-29-. The number of hydrogen-bond acceptors (Lipinski definition) is 8. The summed E-state index contributed by atoms with van der Waals surface area (Å²) in [6, 6.07) is 0. The average molecular weight is 1330 g/mol. The first-order valence-electron chi connectivity index (χ1n) is 40.4. The summed E-state index contributed by atoms with van der Waals surface area (Å²) in [5.41, 5.74) is 5.42. The van der Waals surface area contributed by atoms with E-state index in [1.165, 1.54) is 315 Å². The van der Waals surface area contributed by atoms with E-state index in [4.69, 9.17) is 24.3 Å². The van der Waals surface area contributed by atoms with Crippen LogP contribution in [0.4, 0.5) is 0 Å². The van der Waals surface area contributed by atoms with Crippen LogP contribution in [0, 0.1) is 0 Å². The summed E-state index contributed by atoms with van der Waals surface area (Å²) in [6.45, 7) is 3.70. The van der Waals surface area contributed by atoms with Crippen molar-refractivity contribution in [2.24, 2.45) is 5.73 Å². The normalized spacial score (nSPS) is 13.2. The van der Waals surface area contributed by atoms with Gasteiger partial charge in [-0.2, -0.15) is 0 Å². The number of carbonyl (C=O) groups excluding carboxylic acids is 2. The van der Waals surface area contributed by atoms with Crippen LogP contribution in [-0.4, -0.2) is 49.3 Å².